The maximum Gasteiger partial charge on any atom is 0.290 e. The van der Waals surface area contributed by atoms with Crippen molar-refractivity contribution >= 4 is 11.7 Å². The number of carbonyl (C=O) groups is 2. The fourth-order valence-electron chi connectivity index (χ4n) is 4.08. The molecule has 0 fully saturated rings. The van der Waals surface area contributed by atoms with Crippen molar-refractivity contribution in [1.82, 2.24) is 9.80 Å². The van der Waals surface area contributed by atoms with Crippen molar-refractivity contribution < 1.29 is 23.8 Å². The van der Waals surface area contributed by atoms with Crippen LogP contribution in [0.4, 0.5) is 0 Å². The normalized spacial score (nSPS) is 16.2. The van der Waals surface area contributed by atoms with Crippen LogP contribution in [0.2, 0.25) is 0 Å². The molecule has 0 saturated carbocycles. The molecule has 0 spiro atoms. The zero-order valence-corrected chi connectivity index (χ0v) is 19.8. The number of aliphatic hydroxyl groups excluding tert-OH is 1. The Hall–Kier alpha value is -3.06. The number of benzene rings is 1. The molecule has 178 valence electrons. The van der Waals surface area contributed by atoms with Crippen molar-refractivity contribution in [3.8, 4) is 5.75 Å². The number of amides is 1. The summed E-state index contributed by atoms with van der Waals surface area (Å²) >= 11 is 0. The van der Waals surface area contributed by atoms with E-state index >= 15 is 0 Å². The topological polar surface area (TPSA) is 83.2 Å². The van der Waals surface area contributed by atoms with Gasteiger partial charge in [-0.25, -0.2) is 0 Å². The predicted octanol–water partition coefficient (Wildman–Crippen LogP) is 4.77. The highest BCUT2D eigenvalue weighted by atomic mass is 16.5. The predicted molar refractivity (Wildman–Crippen MR) is 126 cm³/mol. The number of ether oxygens (including phenoxy) is 1. The highest BCUT2D eigenvalue weighted by Gasteiger charge is 2.44. The highest BCUT2D eigenvalue weighted by molar-refractivity contribution is 6.15. The average molecular weight is 455 g/mol. The van der Waals surface area contributed by atoms with Gasteiger partial charge >= 0.3 is 0 Å². The summed E-state index contributed by atoms with van der Waals surface area (Å²) in [5, 5.41) is 10.7. The molecule has 1 aromatic carbocycles. The lowest BCUT2D eigenvalue weighted by Gasteiger charge is -2.29. The van der Waals surface area contributed by atoms with Crippen molar-refractivity contribution in [3.63, 3.8) is 0 Å². The Labute approximate surface area is 195 Å². The second-order valence-corrected chi connectivity index (χ2v) is 8.12. The molecule has 1 atom stereocenters. The summed E-state index contributed by atoms with van der Waals surface area (Å²) in [6.45, 7) is 9.65. The number of likely N-dealkylation sites (N-methyl/N-ethyl adjacent to an activating group) is 1. The van der Waals surface area contributed by atoms with E-state index in [1.165, 1.54) is 12.3 Å². The molecule has 1 N–H and O–H groups in total. The lowest BCUT2D eigenvalue weighted by Crippen LogP contribution is -2.38. The van der Waals surface area contributed by atoms with E-state index in [0.717, 1.165) is 43.7 Å². The number of ketones is 1. The molecule has 0 aliphatic carbocycles. The van der Waals surface area contributed by atoms with E-state index in [4.69, 9.17) is 9.15 Å². The van der Waals surface area contributed by atoms with Crippen LogP contribution in [0.15, 0.2) is 58.4 Å². The van der Waals surface area contributed by atoms with Gasteiger partial charge in [0.1, 0.15) is 5.75 Å². The SMILES string of the molecule is CCCCCOc1ccc(C2C(C(=O)c3ccco3)=C(O)C(=O)N2CCN(CC)CC)cc1. The molecule has 0 saturated heterocycles. The Morgan fingerprint density at radius 2 is 1.85 bits per heavy atom. The summed E-state index contributed by atoms with van der Waals surface area (Å²) in [7, 11) is 0. The smallest absolute Gasteiger partial charge is 0.290 e. The van der Waals surface area contributed by atoms with Crippen molar-refractivity contribution in [3.05, 3.63) is 65.3 Å². The third-order valence-electron chi connectivity index (χ3n) is 6.06. The molecule has 2 heterocycles. The van der Waals surface area contributed by atoms with Crippen LogP contribution in [0.25, 0.3) is 0 Å². The fourth-order valence-corrected chi connectivity index (χ4v) is 4.08. The number of hydrogen-bond acceptors (Lipinski definition) is 6. The Morgan fingerprint density at radius 1 is 1.12 bits per heavy atom. The first kappa shape index (κ1) is 24.6. The maximum atomic E-state index is 13.2. The lowest BCUT2D eigenvalue weighted by atomic mass is 9.95. The van der Waals surface area contributed by atoms with Gasteiger partial charge in [-0.15, -0.1) is 0 Å². The van der Waals surface area contributed by atoms with Crippen LogP contribution in [-0.4, -0.2) is 59.4 Å². The van der Waals surface area contributed by atoms with E-state index in [-0.39, 0.29) is 11.3 Å². The van der Waals surface area contributed by atoms with E-state index in [0.29, 0.717) is 19.7 Å². The number of Topliss-reactive ketones (excluding diaryl/α,β-unsaturated/α-hetero) is 1. The van der Waals surface area contributed by atoms with Gasteiger partial charge in [-0.3, -0.25) is 9.59 Å². The van der Waals surface area contributed by atoms with Crippen molar-refractivity contribution in [2.45, 2.75) is 46.1 Å². The molecule has 7 heteroatoms. The molecule has 0 radical (unpaired) electrons. The van der Waals surface area contributed by atoms with Gasteiger partial charge in [0.15, 0.2) is 11.5 Å². The minimum Gasteiger partial charge on any atom is -0.503 e. The molecule has 1 unspecified atom stereocenters. The van der Waals surface area contributed by atoms with Crippen LogP contribution in [0.3, 0.4) is 0 Å². The molecule has 1 aliphatic rings. The zero-order chi connectivity index (χ0) is 23.8. The number of unbranched alkanes of at least 4 members (excludes halogenated alkanes) is 2. The standard InChI is InChI=1S/C26H34N2O5/c1-4-7-8-17-32-20-13-11-19(12-14-20)23-22(24(29)21-10-9-18-33-21)25(30)26(31)28(23)16-15-27(5-2)6-3/h9-14,18,23,30H,4-8,15-17H2,1-3H3. The molecule has 7 nitrogen and oxygen atoms in total. The first-order valence-electron chi connectivity index (χ1n) is 11.8. The van der Waals surface area contributed by atoms with E-state index in [9.17, 15) is 14.7 Å². The van der Waals surface area contributed by atoms with E-state index < -0.39 is 23.5 Å². The van der Waals surface area contributed by atoms with Gasteiger partial charge in [0.2, 0.25) is 5.78 Å². The summed E-state index contributed by atoms with van der Waals surface area (Å²) in [6.07, 6.45) is 4.64. The molecule has 33 heavy (non-hydrogen) atoms. The molecule has 1 aromatic heterocycles. The number of nitrogens with zero attached hydrogens (tertiary/aromatic N) is 2. The summed E-state index contributed by atoms with van der Waals surface area (Å²) in [6, 6.07) is 9.85. The van der Waals surface area contributed by atoms with Gasteiger partial charge in [-0.2, -0.15) is 0 Å². The van der Waals surface area contributed by atoms with E-state index in [2.05, 4.69) is 25.7 Å². The third kappa shape index (κ3) is 5.66. The van der Waals surface area contributed by atoms with E-state index in [1.807, 2.05) is 24.3 Å². The molecule has 2 aromatic rings. The minimum absolute atomic E-state index is 0.0473. The molecule has 1 aliphatic heterocycles. The van der Waals surface area contributed by atoms with Gasteiger partial charge in [0.05, 0.1) is 24.5 Å². The first-order valence-corrected chi connectivity index (χ1v) is 11.8. The largest absolute Gasteiger partial charge is 0.503 e. The first-order chi connectivity index (χ1) is 16.0. The van der Waals surface area contributed by atoms with Crippen LogP contribution < -0.4 is 4.74 Å². The summed E-state index contributed by atoms with van der Waals surface area (Å²) in [5.74, 6) is -0.708. The van der Waals surface area contributed by atoms with Crippen LogP contribution in [0.5, 0.6) is 5.75 Å². The van der Waals surface area contributed by atoms with Crippen LogP contribution in [0.1, 0.15) is 62.2 Å². The molecule has 1 amide bonds. The summed E-state index contributed by atoms with van der Waals surface area (Å²) in [5.41, 5.74) is 0.786. The van der Waals surface area contributed by atoms with Gasteiger partial charge < -0.3 is 24.1 Å². The lowest BCUT2D eigenvalue weighted by molar-refractivity contribution is -0.129. The van der Waals surface area contributed by atoms with Gasteiger partial charge in [0.25, 0.3) is 5.91 Å². The summed E-state index contributed by atoms with van der Waals surface area (Å²) < 4.78 is 11.1. The Morgan fingerprint density at radius 3 is 2.45 bits per heavy atom. The minimum atomic E-state index is -0.695. The van der Waals surface area contributed by atoms with Crippen LogP contribution in [-0.2, 0) is 4.79 Å². The fraction of sp³-hybridized carbons (Fsp3) is 0.462. The van der Waals surface area contributed by atoms with Gasteiger partial charge in [-0.1, -0.05) is 45.7 Å². The highest BCUT2D eigenvalue weighted by Crippen LogP contribution is 2.39. The van der Waals surface area contributed by atoms with Crippen LogP contribution in [0, 0.1) is 0 Å². The second kappa shape index (κ2) is 11.7. The number of furan rings is 1. The Balaban J connectivity index is 1.88. The second-order valence-electron chi connectivity index (χ2n) is 8.12. The number of hydrogen-bond donors (Lipinski definition) is 1. The molecular formula is C26H34N2O5. The molecule has 0 bridgehead atoms. The Kier molecular flexibility index (Phi) is 8.72. The average Bonchev–Trinajstić information content (AvgIpc) is 3.46. The van der Waals surface area contributed by atoms with Crippen molar-refractivity contribution in [2.75, 3.05) is 32.8 Å². The monoisotopic (exact) mass is 454 g/mol. The third-order valence-corrected chi connectivity index (χ3v) is 6.06. The van der Waals surface area contributed by atoms with Crippen LogP contribution >= 0.6 is 0 Å². The van der Waals surface area contributed by atoms with Gasteiger partial charge in [-0.05, 0) is 49.3 Å². The quantitative estimate of drug-likeness (QED) is 0.347. The zero-order valence-electron chi connectivity index (χ0n) is 19.8. The van der Waals surface area contributed by atoms with Gasteiger partial charge in [0, 0.05) is 13.1 Å². The number of carbonyl (C=O) groups excluding carboxylic acids is 2. The summed E-state index contributed by atoms with van der Waals surface area (Å²) in [4.78, 5) is 30.0. The molecular weight excluding hydrogens is 420 g/mol. The molecule has 3 rings (SSSR count). The number of rotatable bonds is 13. The Bertz CT molecular complexity index is 946. The van der Waals surface area contributed by atoms with E-state index in [1.54, 1.807) is 11.0 Å². The number of aliphatic hydroxyl groups is 1. The van der Waals surface area contributed by atoms with Crippen molar-refractivity contribution in [1.29, 1.82) is 0 Å². The maximum absolute atomic E-state index is 13.2. The van der Waals surface area contributed by atoms with Crippen molar-refractivity contribution in [2.24, 2.45) is 0 Å².